The number of nitrogens with two attached hydrogens (primary N) is 1. The maximum Gasteiger partial charge on any atom is 0.222 e. The van der Waals surface area contributed by atoms with Gasteiger partial charge in [0.25, 0.3) is 0 Å². The van der Waals surface area contributed by atoms with Crippen molar-refractivity contribution in [1.82, 2.24) is 15.5 Å². The number of nitrogens with zero attached hydrogens (tertiary/aromatic N) is 3. The highest BCUT2D eigenvalue weighted by Crippen LogP contribution is 2.24. The highest BCUT2D eigenvalue weighted by atomic mass is 79.9. The molecule has 0 unspecified atom stereocenters. The Morgan fingerprint density at radius 2 is 2.00 bits per heavy atom. The number of amides is 1. The van der Waals surface area contributed by atoms with Gasteiger partial charge < -0.3 is 25.2 Å². The lowest BCUT2D eigenvalue weighted by Crippen LogP contribution is -2.31. The number of benzene rings is 2. The van der Waals surface area contributed by atoms with Crippen LogP contribution in [-0.2, 0) is 16.1 Å². The van der Waals surface area contributed by atoms with E-state index in [-0.39, 0.29) is 18.4 Å². The molecule has 4 rings (SSSR count). The van der Waals surface area contributed by atoms with Crippen molar-refractivity contribution in [3.05, 3.63) is 64.3 Å². The topological polar surface area (TPSA) is 137 Å². The number of aliphatic imine (C=N–C) groups is 1. The van der Waals surface area contributed by atoms with Crippen LogP contribution >= 0.6 is 15.9 Å². The molecule has 0 aliphatic carbocycles. The lowest BCUT2D eigenvalue weighted by Gasteiger charge is -2.16. The predicted molar refractivity (Wildman–Crippen MR) is 159 cm³/mol. The maximum atomic E-state index is 11.2. The minimum Gasteiger partial charge on any atom is -0.461 e. The first-order valence-corrected chi connectivity index (χ1v) is 13.1. The van der Waals surface area contributed by atoms with E-state index in [1.807, 2.05) is 44.3 Å². The highest BCUT2D eigenvalue weighted by molar-refractivity contribution is 9.10. The number of rotatable bonds is 5. The zero-order valence-corrected chi connectivity index (χ0v) is 23.9. The summed E-state index contributed by atoms with van der Waals surface area (Å²) in [6, 6.07) is 15.6. The van der Waals surface area contributed by atoms with Crippen molar-refractivity contribution in [3.63, 3.8) is 0 Å². The second-order valence-corrected chi connectivity index (χ2v) is 9.21. The van der Waals surface area contributed by atoms with E-state index >= 15 is 0 Å². The lowest BCUT2D eigenvalue weighted by molar-refractivity contribution is -0.132. The predicted octanol–water partition coefficient (Wildman–Crippen LogP) is 4.76. The molecule has 2 aromatic carbocycles. The van der Waals surface area contributed by atoms with Crippen LogP contribution in [-0.4, -0.2) is 43.2 Å². The van der Waals surface area contributed by atoms with Crippen LogP contribution in [0.4, 0.5) is 5.69 Å². The number of halogens is 1. The zero-order valence-electron chi connectivity index (χ0n) is 22.3. The Morgan fingerprint density at radius 1 is 1.23 bits per heavy atom. The third-order valence-electron chi connectivity index (χ3n) is 5.29. The molecule has 1 amide bonds. The number of likely N-dealkylation sites (tertiary alicyclic amines) is 1. The van der Waals surface area contributed by atoms with Gasteiger partial charge in [-0.2, -0.15) is 5.26 Å². The number of terminal acetylenes is 1. The summed E-state index contributed by atoms with van der Waals surface area (Å²) in [6.45, 7) is 3.85. The van der Waals surface area contributed by atoms with E-state index < -0.39 is 0 Å². The van der Waals surface area contributed by atoms with Crippen LogP contribution in [0.2, 0.25) is 0 Å². The average molecular weight is 596 g/mol. The second-order valence-electron chi connectivity index (χ2n) is 8.29. The number of aldehydes is 1. The monoisotopic (exact) mass is 594 g/mol. The molecule has 0 radical (unpaired) electrons. The van der Waals surface area contributed by atoms with E-state index in [4.69, 9.17) is 15.4 Å². The van der Waals surface area contributed by atoms with E-state index in [9.17, 15) is 9.59 Å². The van der Waals surface area contributed by atoms with Crippen molar-refractivity contribution in [3.8, 4) is 19.0 Å². The van der Waals surface area contributed by atoms with Gasteiger partial charge in [-0.3, -0.25) is 10.1 Å². The Bertz CT molecular complexity index is 1280. The summed E-state index contributed by atoms with van der Waals surface area (Å²) in [7, 11) is 1.95. The van der Waals surface area contributed by atoms with Gasteiger partial charge in [0.05, 0.1) is 12.2 Å². The molecule has 0 saturated carbocycles. The SMILES string of the molecule is C#C.CNCc1cccc(Br)c1.Cc1cc2cc(N=C(N)NC#N)ccc2o1.O=CCN1CCCCCC1=O. The Balaban J connectivity index is 0.000000293. The number of guanidine groups is 1. The summed E-state index contributed by atoms with van der Waals surface area (Å²) < 4.78 is 6.57. The van der Waals surface area contributed by atoms with Gasteiger partial charge in [-0.15, -0.1) is 12.8 Å². The molecule has 2 heterocycles. The first-order valence-electron chi connectivity index (χ1n) is 12.3. The molecule has 1 aliphatic rings. The van der Waals surface area contributed by atoms with Gasteiger partial charge in [-0.25, -0.2) is 4.99 Å². The fourth-order valence-electron chi connectivity index (χ4n) is 3.63. The molecule has 39 heavy (non-hydrogen) atoms. The first kappa shape index (κ1) is 32.9. The highest BCUT2D eigenvalue weighted by Gasteiger charge is 2.14. The number of carbonyl (C=O) groups is 2. The van der Waals surface area contributed by atoms with Crippen LogP contribution in [0.15, 0.2) is 62.4 Å². The van der Waals surface area contributed by atoms with Crippen LogP contribution < -0.4 is 16.4 Å². The van der Waals surface area contributed by atoms with E-state index in [1.165, 1.54) is 5.56 Å². The van der Waals surface area contributed by atoms with Crippen LogP contribution in [0, 0.1) is 31.2 Å². The Hall–Kier alpha value is -4.12. The third kappa shape index (κ3) is 12.8. The molecule has 1 fully saturated rings. The fraction of sp³-hybridized carbons (Fsp3) is 0.310. The molecule has 1 saturated heterocycles. The van der Waals surface area contributed by atoms with Crippen molar-refractivity contribution >= 4 is 50.7 Å². The van der Waals surface area contributed by atoms with Crippen LogP contribution in [0.1, 0.15) is 37.0 Å². The molecular formula is C29H35BrN6O3. The standard InChI is InChI=1S/C11H10N4O.C8H10BrN.C8H13NO2.C2H2/c1-7-4-8-5-9(2-3-10(8)16-7)15-11(13)14-6-12;1-10-6-7-3-2-4-8(9)5-7;10-7-6-9-5-3-1-2-4-8(9)11;1-2/h2-5H,1H3,(H3,13,14,15);2-5,10H,6H2,1H3;7H,1-6H2;1-2H. The summed E-state index contributed by atoms with van der Waals surface area (Å²) in [5.41, 5.74) is 8.24. The van der Waals surface area contributed by atoms with Crippen molar-refractivity contribution in [2.45, 2.75) is 39.2 Å². The van der Waals surface area contributed by atoms with Crippen LogP contribution in [0.5, 0.6) is 0 Å². The third-order valence-corrected chi connectivity index (χ3v) is 5.79. The summed E-state index contributed by atoms with van der Waals surface area (Å²) in [5.74, 6) is 1.05. The van der Waals surface area contributed by atoms with Crippen LogP contribution in [0.3, 0.4) is 0 Å². The largest absolute Gasteiger partial charge is 0.461 e. The minimum atomic E-state index is 0.0714. The maximum absolute atomic E-state index is 11.2. The van der Waals surface area contributed by atoms with E-state index in [2.05, 4.69) is 56.5 Å². The minimum absolute atomic E-state index is 0.0714. The van der Waals surface area contributed by atoms with Gasteiger partial charge in [0, 0.05) is 29.4 Å². The van der Waals surface area contributed by atoms with Crippen molar-refractivity contribution in [2.24, 2.45) is 10.7 Å². The number of furan rings is 1. The van der Waals surface area contributed by atoms with Gasteiger partial charge in [0.1, 0.15) is 17.6 Å². The average Bonchev–Trinajstić information content (AvgIpc) is 3.17. The quantitative estimate of drug-likeness (QED) is 0.0966. The van der Waals surface area contributed by atoms with E-state index in [0.717, 1.165) is 59.8 Å². The van der Waals surface area contributed by atoms with Crippen molar-refractivity contribution < 1.29 is 14.0 Å². The summed E-state index contributed by atoms with van der Waals surface area (Å²) >= 11 is 3.40. The number of nitrogens with one attached hydrogen (secondary N) is 2. The molecule has 10 heteroatoms. The van der Waals surface area contributed by atoms with Gasteiger partial charge in [0.15, 0.2) is 6.19 Å². The summed E-state index contributed by atoms with van der Waals surface area (Å²) in [4.78, 5) is 27.0. The number of aryl methyl sites for hydroxylation is 1. The molecule has 4 N–H and O–H groups in total. The Kier molecular flexibility index (Phi) is 16.1. The number of nitriles is 1. The Labute approximate surface area is 238 Å². The number of hydrogen-bond donors (Lipinski definition) is 3. The summed E-state index contributed by atoms with van der Waals surface area (Å²) in [5, 5.41) is 14.7. The van der Waals surface area contributed by atoms with Gasteiger partial charge >= 0.3 is 0 Å². The Morgan fingerprint density at radius 3 is 2.67 bits per heavy atom. The first-order chi connectivity index (χ1) is 18.9. The molecule has 3 aromatic rings. The van der Waals surface area contributed by atoms with E-state index in [1.54, 1.807) is 17.2 Å². The number of fused-ring (bicyclic) bond motifs is 1. The van der Waals surface area contributed by atoms with E-state index in [0.29, 0.717) is 12.1 Å². The molecule has 206 valence electrons. The molecule has 9 nitrogen and oxygen atoms in total. The molecule has 1 aliphatic heterocycles. The van der Waals surface area contributed by atoms with Gasteiger partial charge in [0.2, 0.25) is 11.9 Å². The smallest absolute Gasteiger partial charge is 0.222 e. The number of carbonyl (C=O) groups excluding carboxylic acids is 2. The second kappa shape index (κ2) is 19.0. The molecular weight excluding hydrogens is 560 g/mol. The summed E-state index contributed by atoms with van der Waals surface area (Å²) in [6.07, 6.45) is 14.3. The van der Waals surface area contributed by atoms with Crippen LogP contribution in [0.25, 0.3) is 11.0 Å². The lowest BCUT2D eigenvalue weighted by atomic mass is 10.2. The molecule has 0 bridgehead atoms. The molecule has 1 aromatic heterocycles. The van der Waals surface area contributed by atoms with Gasteiger partial charge in [-0.05, 0) is 68.8 Å². The number of hydrogen-bond acceptors (Lipinski definition) is 6. The molecule has 0 atom stereocenters. The molecule has 0 spiro atoms. The van der Waals surface area contributed by atoms with Gasteiger partial charge in [-0.1, -0.05) is 34.5 Å². The normalized spacial score (nSPS) is 12.8. The van der Waals surface area contributed by atoms with Crippen molar-refractivity contribution in [2.75, 3.05) is 20.1 Å². The van der Waals surface area contributed by atoms with Crippen molar-refractivity contribution in [1.29, 1.82) is 5.26 Å². The fourth-order valence-corrected chi connectivity index (χ4v) is 4.08. The zero-order chi connectivity index (χ0) is 29.0.